The first-order valence-electron chi connectivity index (χ1n) is 7.46. The Hall–Kier alpha value is -2.04. The first-order chi connectivity index (χ1) is 11.1. The molecule has 2 aromatic carbocycles. The van der Waals surface area contributed by atoms with Gasteiger partial charge in [0.15, 0.2) is 0 Å². The van der Waals surface area contributed by atoms with Gasteiger partial charge < -0.3 is 15.8 Å². The average Bonchev–Trinajstić information content (AvgIpc) is 2.59. The number of hydrogen-bond donors (Lipinski definition) is 2. The summed E-state index contributed by atoms with van der Waals surface area (Å²) in [7, 11) is 1.60. The maximum absolute atomic E-state index is 12.4. The van der Waals surface area contributed by atoms with E-state index in [-0.39, 0.29) is 18.4 Å². The number of rotatable bonds is 6. The van der Waals surface area contributed by atoms with Crippen LogP contribution in [0.4, 0.5) is 0 Å². The fraction of sp³-hybridized carbons (Fsp3) is 0.278. The molecule has 0 radical (unpaired) electrons. The molecular weight excluding hydrogens is 312 g/mol. The van der Waals surface area contributed by atoms with Gasteiger partial charge in [-0.05, 0) is 17.7 Å². The number of hydrogen-bond acceptors (Lipinski definition) is 3. The Balaban J connectivity index is 2.47. The molecule has 23 heavy (non-hydrogen) atoms. The predicted octanol–water partition coefficient (Wildman–Crippen LogP) is 3.15. The van der Waals surface area contributed by atoms with Crippen LogP contribution in [0.15, 0.2) is 48.5 Å². The first-order valence-corrected chi connectivity index (χ1v) is 7.84. The topological polar surface area (TPSA) is 64.3 Å². The van der Waals surface area contributed by atoms with Crippen LogP contribution in [0.5, 0.6) is 5.75 Å². The van der Waals surface area contributed by atoms with E-state index in [2.05, 4.69) is 5.32 Å². The molecule has 3 N–H and O–H groups in total. The summed E-state index contributed by atoms with van der Waals surface area (Å²) in [5, 5.41) is 3.62. The third-order valence-corrected chi connectivity index (χ3v) is 4.10. The Bertz CT molecular complexity index is 676. The number of para-hydroxylation sites is 1. The van der Waals surface area contributed by atoms with E-state index in [4.69, 9.17) is 22.1 Å². The minimum atomic E-state index is -0.402. The van der Waals surface area contributed by atoms with Crippen LogP contribution in [0.1, 0.15) is 24.1 Å². The quantitative estimate of drug-likeness (QED) is 0.854. The van der Waals surface area contributed by atoms with Gasteiger partial charge in [0.2, 0.25) is 5.91 Å². The van der Waals surface area contributed by atoms with Crippen LogP contribution in [-0.2, 0) is 4.79 Å². The smallest absolute Gasteiger partial charge is 0.224 e. The zero-order valence-corrected chi connectivity index (χ0v) is 14.0. The zero-order chi connectivity index (χ0) is 16.8. The van der Waals surface area contributed by atoms with Crippen LogP contribution in [0.3, 0.4) is 0 Å². The van der Waals surface area contributed by atoms with Gasteiger partial charge in [-0.3, -0.25) is 4.79 Å². The molecule has 122 valence electrons. The molecule has 0 aliphatic heterocycles. The number of methoxy groups -OCH3 is 1. The van der Waals surface area contributed by atoms with Crippen LogP contribution in [0.2, 0.25) is 5.02 Å². The second-order valence-corrected chi connectivity index (χ2v) is 5.75. The van der Waals surface area contributed by atoms with Gasteiger partial charge in [-0.2, -0.15) is 0 Å². The Morgan fingerprint density at radius 2 is 1.78 bits per heavy atom. The molecular formula is C18H21ClN2O2. The van der Waals surface area contributed by atoms with E-state index in [9.17, 15) is 4.79 Å². The summed E-state index contributed by atoms with van der Waals surface area (Å²) < 4.78 is 5.44. The molecule has 0 aromatic heterocycles. The lowest BCUT2D eigenvalue weighted by Crippen LogP contribution is -2.36. The van der Waals surface area contributed by atoms with Crippen LogP contribution in [-0.4, -0.2) is 19.6 Å². The van der Waals surface area contributed by atoms with Gasteiger partial charge in [0, 0.05) is 23.0 Å². The van der Waals surface area contributed by atoms with Crippen LogP contribution < -0.4 is 15.8 Å². The molecule has 0 aliphatic carbocycles. The highest BCUT2D eigenvalue weighted by Gasteiger charge is 2.24. The zero-order valence-electron chi connectivity index (χ0n) is 13.3. The van der Waals surface area contributed by atoms with E-state index in [0.29, 0.717) is 10.8 Å². The number of halogens is 1. The lowest BCUT2D eigenvalue weighted by molar-refractivity contribution is -0.124. The normalized spacial score (nSPS) is 13.2. The molecule has 0 bridgehead atoms. The highest BCUT2D eigenvalue weighted by Crippen LogP contribution is 2.33. The van der Waals surface area contributed by atoms with Crippen molar-refractivity contribution in [2.24, 2.45) is 11.7 Å². The molecule has 0 saturated carbocycles. The van der Waals surface area contributed by atoms with Crippen LogP contribution in [0, 0.1) is 5.92 Å². The third kappa shape index (κ3) is 4.03. The maximum atomic E-state index is 12.4. The molecule has 1 amide bonds. The van der Waals surface area contributed by atoms with Crippen molar-refractivity contribution in [3.05, 3.63) is 64.7 Å². The van der Waals surface area contributed by atoms with E-state index >= 15 is 0 Å². The summed E-state index contributed by atoms with van der Waals surface area (Å²) in [4.78, 5) is 12.4. The minimum absolute atomic E-state index is 0.122. The van der Waals surface area contributed by atoms with E-state index in [1.54, 1.807) is 20.1 Å². The summed E-state index contributed by atoms with van der Waals surface area (Å²) in [6.07, 6.45) is 0. The van der Waals surface area contributed by atoms with Gasteiger partial charge in [-0.15, -0.1) is 0 Å². The molecule has 0 fully saturated rings. The Morgan fingerprint density at radius 3 is 2.39 bits per heavy atom. The minimum Gasteiger partial charge on any atom is -0.496 e. The molecule has 5 heteroatoms. The van der Waals surface area contributed by atoms with Crippen molar-refractivity contribution >= 4 is 17.5 Å². The van der Waals surface area contributed by atoms with Gasteiger partial charge in [0.1, 0.15) is 5.75 Å². The highest BCUT2D eigenvalue weighted by atomic mass is 35.5. The van der Waals surface area contributed by atoms with Crippen molar-refractivity contribution in [2.75, 3.05) is 13.7 Å². The summed E-state index contributed by atoms with van der Waals surface area (Å²) >= 11 is 6.34. The first kappa shape index (κ1) is 17.3. The van der Waals surface area contributed by atoms with E-state index in [0.717, 1.165) is 11.1 Å². The molecule has 0 saturated heterocycles. The molecule has 0 heterocycles. The second kappa shape index (κ2) is 7.99. The van der Waals surface area contributed by atoms with Gasteiger partial charge in [0.05, 0.1) is 13.2 Å². The number of ether oxygens (including phenoxy) is 1. The molecule has 4 nitrogen and oxygen atoms in total. The summed E-state index contributed by atoms with van der Waals surface area (Å²) in [6, 6.07) is 14.6. The van der Waals surface area contributed by atoms with Crippen LogP contribution in [0.25, 0.3) is 0 Å². The molecule has 2 aromatic rings. The fourth-order valence-corrected chi connectivity index (χ4v) is 2.57. The van der Waals surface area contributed by atoms with Crippen molar-refractivity contribution in [3.63, 3.8) is 0 Å². The third-order valence-electron chi connectivity index (χ3n) is 3.75. The van der Waals surface area contributed by atoms with Gasteiger partial charge >= 0.3 is 0 Å². The summed E-state index contributed by atoms with van der Waals surface area (Å²) in [5.74, 6) is 0.288. The number of amides is 1. The largest absolute Gasteiger partial charge is 0.496 e. The number of nitrogens with two attached hydrogens (primary N) is 1. The lowest BCUT2D eigenvalue weighted by atomic mass is 9.96. The van der Waals surface area contributed by atoms with Crippen molar-refractivity contribution in [1.29, 1.82) is 0 Å². The molecule has 2 rings (SSSR count). The lowest BCUT2D eigenvalue weighted by Gasteiger charge is -2.24. The van der Waals surface area contributed by atoms with E-state index in [1.165, 1.54) is 0 Å². The maximum Gasteiger partial charge on any atom is 0.224 e. The number of carbonyl (C=O) groups is 1. The molecule has 0 aliphatic rings. The fourth-order valence-electron chi connectivity index (χ4n) is 2.33. The molecule has 2 atom stereocenters. The summed E-state index contributed by atoms with van der Waals surface area (Å²) in [5.41, 5.74) is 7.26. The van der Waals surface area contributed by atoms with Gasteiger partial charge in [0.25, 0.3) is 0 Å². The monoisotopic (exact) mass is 332 g/mol. The standard InChI is InChI=1S/C18H21ClN2O2/c1-12(11-20)18(22)21-17(13-7-3-5-9-15(13)19)14-8-4-6-10-16(14)23-2/h3-10,12,17H,11,20H2,1-2H3,(H,21,22). The van der Waals surface area contributed by atoms with Crippen LogP contribution >= 0.6 is 11.6 Å². The summed E-state index contributed by atoms with van der Waals surface area (Å²) in [6.45, 7) is 2.08. The van der Waals surface area contributed by atoms with Crippen molar-refractivity contribution in [2.45, 2.75) is 13.0 Å². The van der Waals surface area contributed by atoms with Gasteiger partial charge in [-0.25, -0.2) is 0 Å². The Morgan fingerprint density at radius 1 is 1.17 bits per heavy atom. The number of nitrogens with one attached hydrogen (secondary N) is 1. The number of carbonyl (C=O) groups excluding carboxylic acids is 1. The second-order valence-electron chi connectivity index (χ2n) is 5.34. The highest BCUT2D eigenvalue weighted by molar-refractivity contribution is 6.31. The molecule has 2 unspecified atom stereocenters. The average molecular weight is 333 g/mol. The van der Waals surface area contributed by atoms with Crippen molar-refractivity contribution in [1.82, 2.24) is 5.32 Å². The van der Waals surface area contributed by atoms with E-state index < -0.39 is 6.04 Å². The Labute approximate surface area is 141 Å². The van der Waals surface area contributed by atoms with Crippen molar-refractivity contribution in [3.8, 4) is 5.75 Å². The van der Waals surface area contributed by atoms with Crippen molar-refractivity contribution < 1.29 is 9.53 Å². The molecule has 0 spiro atoms. The SMILES string of the molecule is COc1ccccc1C(NC(=O)C(C)CN)c1ccccc1Cl. The van der Waals surface area contributed by atoms with E-state index in [1.807, 2.05) is 42.5 Å². The Kier molecular flexibility index (Phi) is 6.02. The predicted molar refractivity (Wildman–Crippen MR) is 92.7 cm³/mol. The number of benzene rings is 2. The van der Waals surface area contributed by atoms with Gasteiger partial charge in [-0.1, -0.05) is 54.9 Å².